The van der Waals surface area contributed by atoms with Crippen molar-refractivity contribution >= 4 is 17.3 Å². The van der Waals surface area contributed by atoms with E-state index in [0.717, 1.165) is 17.5 Å². The van der Waals surface area contributed by atoms with Gasteiger partial charge in [-0.05, 0) is 57.0 Å². The van der Waals surface area contributed by atoms with Crippen LogP contribution < -0.4 is 9.47 Å². The number of Topliss-reactive ketones (excluding diaryl/α,β-unsaturated/α-hetero) is 3. The van der Waals surface area contributed by atoms with E-state index in [0.29, 0.717) is 35.8 Å². The summed E-state index contributed by atoms with van der Waals surface area (Å²) in [6, 6.07) is 33.8. The van der Waals surface area contributed by atoms with E-state index in [9.17, 15) is 14.4 Å². The maximum absolute atomic E-state index is 11.4. The Morgan fingerprint density at radius 1 is 0.538 bits per heavy atom. The SMILES string of the molecule is CC(=O)c1ccccc1.CC(=O)c1ccccc1OCc1ccccc1.CCCOc1ccccc1C(C)=O. The van der Waals surface area contributed by atoms with Crippen molar-refractivity contribution in [3.63, 3.8) is 0 Å². The lowest BCUT2D eigenvalue weighted by Gasteiger charge is -2.09. The first-order chi connectivity index (χ1) is 18.8. The van der Waals surface area contributed by atoms with Crippen LogP contribution in [0.5, 0.6) is 11.5 Å². The van der Waals surface area contributed by atoms with Crippen LogP contribution in [-0.2, 0) is 6.61 Å². The summed E-state index contributed by atoms with van der Waals surface area (Å²) in [4.78, 5) is 33.2. The van der Waals surface area contributed by atoms with E-state index >= 15 is 0 Å². The Kier molecular flexibility index (Phi) is 13.5. The quantitative estimate of drug-likeness (QED) is 0.207. The predicted octanol–water partition coefficient (Wildman–Crippen LogP) is 8.04. The molecule has 202 valence electrons. The van der Waals surface area contributed by atoms with E-state index < -0.39 is 0 Å². The van der Waals surface area contributed by atoms with Crippen LogP contribution in [-0.4, -0.2) is 24.0 Å². The second-order valence-electron chi connectivity index (χ2n) is 8.65. The lowest BCUT2D eigenvalue weighted by Crippen LogP contribution is -2.01. The Labute approximate surface area is 231 Å². The smallest absolute Gasteiger partial charge is 0.163 e. The highest BCUT2D eigenvalue weighted by Gasteiger charge is 2.07. The summed E-state index contributed by atoms with van der Waals surface area (Å²) >= 11 is 0. The Morgan fingerprint density at radius 2 is 0.974 bits per heavy atom. The summed E-state index contributed by atoms with van der Waals surface area (Å²) in [5.74, 6) is 1.52. The summed E-state index contributed by atoms with van der Waals surface area (Å²) in [6.07, 6.45) is 0.951. The fourth-order valence-corrected chi connectivity index (χ4v) is 3.39. The summed E-state index contributed by atoms with van der Waals surface area (Å²) in [5, 5.41) is 0. The first-order valence-corrected chi connectivity index (χ1v) is 12.9. The van der Waals surface area contributed by atoms with Crippen molar-refractivity contribution in [1.82, 2.24) is 0 Å². The molecule has 0 aliphatic carbocycles. The van der Waals surface area contributed by atoms with Crippen molar-refractivity contribution in [1.29, 1.82) is 0 Å². The molecule has 0 atom stereocenters. The molecule has 0 heterocycles. The molecule has 5 nitrogen and oxygen atoms in total. The predicted molar refractivity (Wildman–Crippen MR) is 156 cm³/mol. The van der Waals surface area contributed by atoms with E-state index in [4.69, 9.17) is 9.47 Å². The van der Waals surface area contributed by atoms with Gasteiger partial charge < -0.3 is 9.47 Å². The second-order valence-corrected chi connectivity index (χ2v) is 8.65. The summed E-state index contributed by atoms with van der Waals surface area (Å²) in [5.41, 5.74) is 3.16. The van der Waals surface area contributed by atoms with Crippen molar-refractivity contribution in [3.8, 4) is 11.5 Å². The van der Waals surface area contributed by atoms with E-state index in [1.807, 2.05) is 104 Å². The van der Waals surface area contributed by atoms with Gasteiger partial charge in [0.2, 0.25) is 0 Å². The van der Waals surface area contributed by atoms with Gasteiger partial charge in [-0.2, -0.15) is 0 Å². The highest BCUT2D eigenvalue weighted by molar-refractivity contribution is 5.97. The van der Waals surface area contributed by atoms with Crippen molar-refractivity contribution in [2.75, 3.05) is 6.61 Å². The van der Waals surface area contributed by atoms with Gasteiger partial charge in [-0.25, -0.2) is 0 Å². The molecule has 39 heavy (non-hydrogen) atoms. The van der Waals surface area contributed by atoms with E-state index in [-0.39, 0.29) is 17.3 Å². The molecule has 0 unspecified atom stereocenters. The molecule has 0 saturated heterocycles. The van der Waals surface area contributed by atoms with Gasteiger partial charge in [0.25, 0.3) is 0 Å². The van der Waals surface area contributed by atoms with Gasteiger partial charge in [-0.3, -0.25) is 14.4 Å². The highest BCUT2D eigenvalue weighted by atomic mass is 16.5. The third-order valence-electron chi connectivity index (χ3n) is 5.41. The third kappa shape index (κ3) is 11.2. The molecular formula is C34H36O5. The number of rotatable bonds is 9. The van der Waals surface area contributed by atoms with Crippen LogP contribution in [0.15, 0.2) is 109 Å². The number of benzene rings is 4. The van der Waals surface area contributed by atoms with Crippen molar-refractivity contribution < 1.29 is 23.9 Å². The Hall–Kier alpha value is -4.51. The summed E-state index contributed by atoms with van der Waals surface area (Å²) in [7, 11) is 0. The number of para-hydroxylation sites is 2. The lowest BCUT2D eigenvalue weighted by molar-refractivity contribution is 0.100. The lowest BCUT2D eigenvalue weighted by atomic mass is 10.1. The zero-order valence-electron chi connectivity index (χ0n) is 23.1. The minimum absolute atomic E-state index is 0.0219. The van der Waals surface area contributed by atoms with Crippen LogP contribution in [0, 0.1) is 0 Å². The first kappa shape index (κ1) is 30.7. The number of carbonyl (C=O) groups excluding carboxylic acids is 3. The molecule has 0 N–H and O–H groups in total. The van der Waals surface area contributed by atoms with Gasteiger partial charge in [-0.1, -0.05) is 91.9 Å². The molecule has 5 heteroatoms. The van der Waals surface area contributed by atoms with Crippen LogP contribution in [0.1, 0.15) is 70.8 Å². The van der Waals surface area contributed by atoms with E-state index in [1.54, 1.807) is 32.9 Å². The van der Waals surface area contributed by atoms with Crippen molar-refractivity contribution in [2.24, 2.45) is 0 Å². The van der Waals surface area contributed by atoms with Gasteiger partial charge in [-0.15, -0.1) is 0 Å². The topological polar surface area (TPSA) is 69.7 Å². The molecule has 0 amide bonds. The molecule has 0 spiro atoms. The first-order valence-electron chi connectivity index (χ1n) is 12.9. The van der Waals surface area contributed by atoms with Crippen LogP contribution in [0.2, 0.25) is 0 Å². The molecule has 4 rings (SSSR count). The van der Waals surface area contributed by atoms with Crippen molar-refractivity contribution in [2.45, 2.75) is 40.7 Å². The molecule has 0 saturated carbocycles. The summed E-state index contributed by atoms with van der Waals surface area (Å²) < 4.78 is 11.1. The molecular weight excluding hydrogens is 488 g/mol. The number of hydrogen-bond donors (Lipinski definition) is 0. The van der Waals surface area contributed by atoms with Crippen LogP contribution in [0.25, 0.3) is 0 Å². The number of ketones is 3. The van der Waals surface area contributed by atoms with Gasteiger partial charge >= 0.3 is 0 Å². The molecule has 0 bridgehead atoms. The third-order valence-corrected chi connectivity index (χ3v) is 5.41. The zero-order chi connectivity index (χ0) is 28.5. The van der Waals surface area contributed by atoms with Gasteiger partial charge in [0.15, 0.2) is 17.3 Å². The van der Waals surface area contributed by atoms with Gasteiger partial charge in [0, 0.05) is 5.56 Å². The van der Waals surface area contributed by atoms with Crippen molar-refractivity contribution in [3.05, 3.63) is 131 Å². The average molecular weight is 525 g/mol. The summed E-state index contributed by atoms with van der Waals surface area (Å²) in [6.45, 7) is 7.83. The molecule has 0 fully saturated rings. The largest absolute Gasteiger partial charge is 0.493 e. The van der Waals surface area contributed by atoms with E-state index in [2.05, 4.69) is 0 Å². The molecule has 0 aliphatic rings. The molecule has 0 aromatic heterocycles. The molecule has 4 aromatic rings. The van der Waals surface area contributed by atoms with Gasteiger partial charge in [0.1, 0.15) is 18.1 Å². The Morgan fingerprint density at radius 3 is 1.41 bits per heavy atom. The number of hydrogen-bond acceptors (Lipinski definition) is 5. The molecule has 0 radical (unpaired) electrons. The monoisotopic (exact) mass is 524 g/mol. The zero-order valence-corrected chi connectivity index (χ0v) is 23.1. The number of carbonyl (C=O) groups is 3. The molecule has 4 aromatic carbocycles. The fraction of sp³-hybridized carbons (Fsp3) is 0.206. The number of ether oxygens (including phenoxy) is 2. The van der Waals surface area contributed by atoms with E-state index in [1.165, 1.54) is 0 Å². The average Bonchev–Trinajstić information content (AvgIpc) is 2.97. The second kappa shape index (κ2) is 17.1. The van der Waals surface area contributed by atoms with Crippen LogP contribution >= 0.6 is 0 Å². The standard InChI is InChI=1S/C15H14O2.C11H14O2.C8H8O/c1-12(16)14-9-5-6-10-15(14)17-11-13-7-3-2-4-8-13;1-3-8-13-11-7-5-4-6-10(11)9(2)12;1-7(9)8-5-3-2-4-6-8/h2-10H,11H2,1H3;4-7H,3,8H2,1-2H3;2-6H,1H3. The Bertz CT molecular complexity index is 1310. The molecule has 0 aliphatic heterocycles. The highest BCUT2D eigenvalue weighted by Crippen LogP contribution is 2.20. The Balaban J connectivity index is 0.000000216. The van der Waals surface area contributed by atoms with Gasteiger partial charge in [0.05, 0.1) is 17.7 Å². The van der Waals surface area contributed by atoms with Crippen LogP contribution in [0.4, 0.5) is 0 Å². The van der Waals surface area contributed by atoms with Crippen LogP contribution in [0.3, 0.4) is 0 Å². The minimum atomic E-state index is 0.0219. The normalized spacial score (nSPS) is 9.64. The fourth-order valence-electron chi connectivity index (χ4n) is 3.39. The maximum Gasteiger partial charge on any atom is 0.163 e. The minimum Gasteiger partial charge on any atom is -0.493 e. The maximum atomic E-state index is 11.4.